The Labute approximate surface area is 126 Å². The topological polar surface area (TPSA) is 85.1 Å². The first-order valence-electron chi connectivity index (χ1n) is 5.81. The molecule has 2 aromatic rings. The van der Waals surface area contributed by atoms with Gasteiger partial charge in [-0.3, -0.25) is 4.72 Å². The lowest BCUT2D eigenvalue weighted by atomic mass is 10.1. The van der Waals surface area contributed by atoms with Gasteiger partial charge in [0.25, 0.3) is 10.0 Å². The Hall–Kier alpha value is -1.60. The van der Waals surface area contributed by atoms with Gasteiger partial charge in [0.2, 0.25) is 0 Å². The van der Waals surface area contributed by atoms with Gasteiger partial charge < -0.3 is 5.73 Å². The largest absolute Gasteiger partial charge is 0.399 e. The minimum Gasteiger partial charge on any atom is -0.399 e. The minimum atomic E-state index is -3.69. The summed E-state index contributed by atoms with van der Waals surface area (Å²) < 4.78 is 27.9. The van der Waals surface area contributed by atoms with Gasteiger partial charge in [0.1, 0.15) is 4.60 Å². The number of hydrogen-bond acceptors (Lipinski definition) is 4. The van der Waals surface area contributed by atoms with E-state index < -0.39 is 10.0 Å². The van der Waals surface area contributed by atoms with Crippen molar-refractivity contribution in [2.24, 2.45) is 0 Å². The average molecular weight is 356 g/mol. The molecule has 0 atom stereocenters. The van der Waals surface area contributed by atoms with E-state index in [-0.39, 0.29) is 4.90 Å². The number of anilines is 2. The molecule has 1 aromatic carbocycles. The number of nitrogens with zero attached hydrogens (tertiary/aromatic N) is 1. The zero-order valence-electron chi connectivity index (χ0n) is 11.0. The van der Waals surface area contributed by atoms with Crippen molar-refractivity contribution in [3.63, 3.8) is 0 Å². The highest BCUT2D eigenvalue weighted by atomic mass is 79.9. The molecule has 1 heterocycles. The lowest BCUT2D eigenvalue weighted by molar-refractivity contribution is 0.600. The predicted octanol–water partition coefficient (Wildman–Crippen LogP) is 2.84. The van der Waals surface area contributed by atoms with E-state index in [4.69, 9.17) is 5.73 Å². The average Bonchev–Trinajstić information content (AvgIpc) is 2.36. The van der Waals surface area contributed by atoms with Gasteiger partial charge in [0, 0.05) is 5.69 Å². The van der Waals surface area contributed by atoms with E-state index in [1.54, 1.807) is 25.1 Å². The van der Waals surface area contributed by atoms with Crippen LogP contribution in [0, 0.1) is 13.8 Å². The second-order valence-corrected chi connectivity index (χ2v) is 6.90. The summed E-state index contributed by atoms with van der Waals surface area (Å²) in [5.74, 6) is 0. The van der Waals surface area contributed by atoms with Crippen molar-refractivity contribution in [1.29, 1.82) is 0 Å². The molecule has 1 aromatic heterocycles. The Morgan fingerprint density at radius 1 is 1.25 bits per heavy atom. The number of halogens is 1. The normalized spacial score (nSPS) is 11.3. The highest BCUT2D eigenvalue weighted by molar-refractivity contribution is 9.10. The summed E-state index contributed by atoms with van der Waals surface area (Å²) in [6, 6.07) is 6.49. The quantitative estimate of drug-likeness (QED) is 0.654. The Kier molecular flexibility index (Phi) is 4.01. The predicted molar refractivity (Wildman–Crippen MR) is 83.1 cm³/mol. The number of sulfonamides is 1. The van der Waals surface area contributed by atoms with E-state index in [1.807, 2.05) is 6.92 Å². The lowest BCUT2D eigenvalue weighted by Gasteiger charge is -2.12. The first-order chi connectivity index (χ1) is 9.29. The molecule has 7 heteroatoms. The first-order valence-corrected chi connectivity index (χ1v) is 8.08. The number of aryl methyl sites for hydroxylation is 1. The second-order valence-electron chi connectivity index (χ2n) is 4.44. The fourth-order valence-corrected chi connectivity index (χ4v) is 3.41. The number of benzene rings is 1. The number of aromatic nitrogens is 1. The van der Waals surface area contributed by atoms with E-state index in [0.29, 0.717) is 21.5 Å². The Morgan fingerprint density at radius 3 is 2.55 bits per heavy atom. The second kappa shape index (κ2) is 5.41. The van der Waals surface area contributed by atoms with E-state index in [2.05, 4.69) is 25.6 Å². The van der Waals surface area contributed by atoms with E-state index in [1.165, 1.54) is 12.3 Å². The molecular formula is C13H14BrN3O2S. The molecule has 0 fully saturated rings. The summed E-state index contributed by atoms with van der Waals surface area (Å²) in [7, 11) is -3.69. The van der Waals surface area contributed by atoms with Crippen molar-refractivity contribution in [2.45, 2.75) is 18.7 Å². The molecule has 0 bridgehead atoms. The van der Waals surface area contributed by atoms with Gasteiger partial charge in [-0.1, -0.05) is 0 Å². The molecule has 2 rings (SSSR count). The van der Waals surface area contributed by atoms with Crippen LogP contribution in [0.25, 0.3) is 0 Å². The molecule has 0 spiro atoms. The van der Waals surface area contributed by atoms with E-state index in [9.17, 15) is 8.42 Å². The Morgan fingerprint density at radius 2 is 1.95 bits per heavy atom. The third-order valence-corrected chi connectivity index (χ3v) is 4.89. The molecule has 0 saturated heterocycles. The molecule has 0 amide bonds. The maximum atomic E-state index is 12.4. The van der Waals surface area contributed by atoms with Gasteiger partial charge in [-0.25, -0.2) is 13.4 Å². The summed E-state index contributed by atoms with van der Waals surface area (Å²) in [6.07, 6.45) is 1.44. The fourth-order valence-electron chi connectivity index (χ4n) is 1.78. The molecule has 0 radical (unpaired) electrons. The summed E-state index contributed by atoms with van der Waals surface area (Å²) in [4.78, 5) is 4.16. The number of nitrogens with one attached hydrogen (secondary N) is 1. The minimum absolute atomic E-state index is 0.179. The lowest BCUT2D eigenvalue weighted by Crippen LogP contribution is -2.15. The van der Waals surface area contributed by atoms with Crippen molar-refractivity contribution in [1.82, 2.24) is 4.98 Å². The van der Waals surface area contributed by atoms with Gasteiger partial charge in [0.05, 0.1) is 16.8 Å². The molecule has 5 nitrogen and oxygen atoms in total. The molecular weight excluding hydrogens is 342 g/mol. The fraction of sp³-hybridized carbons (Fsp3) is 0.154. The monoisotopic (exact) mass is 355 g/mol. The molecule has 20 heavy (non-hydrogen) atoms. The summed E-state index contributed by atoms with van der Waals surface area (Å²) in [5.41, 5.74) is 8.05. The number of rotatable bonds is 3. The van der Waals surface area contributed by atoms with Gasteiger partial charge in [-0.15, -0.1) is 0 Å². The van der Waals surface area contributed by atoms with Crippen LogP contribution in [0.5, 0.6) is 0 Å². The van der Waals surface area contributed by atoms with Crippen LogP contribution >= 0.6 is 15.9 Å². The van der Waals surface area contributed by atoms with Crippen molar-refractivity contribution in [3.05, 3.63) is 46.2 Å². The number of nitrogens with two attached hydrogens (primary N) is 1. The van der Waals surface area contributed by atoms with Crippen molar-refractivity contribution >= 4 is 37.3 Å². The van der Waals surface area contributed by atoms with E-state index in [0.717, 1.165) is 5.56 Å². The third kappa shape index (κ3) is 3.10. The third-order valence-electron chi connectivity index (χ3n) is 2.91. The van der Waals surface area contributed by atoms with Crippen molar-refractivity contribution in [2.75, 3.05) is 10.5 Å². The first kappa shape index (κ1) is 14.8. The molecule has 0 saturated carbocycles. The van der Waals surface area contributed by atoms with Crippen molar-refractivity contribution in [3.8, 4) is 0 Å². The number of pyridine rings is 1. The molecule has 0 aliphatic heterocycles. The summed E-state index contributed by atoms with van der Waals surface area (Å²) in [5, 5.41) is 0. The van der Waals surface area contributed by atoms with Gasteiger partial charge >= 0.3 is 0 Å². The van der Waals surface area contributed by atoms with Crippen LogP contribution in [-0.2, 0) is 10.0 Å². The van der Waals surface area contributed by atoms with Crippen LogP contribution in [0.3, 0.4) is 0 Å². The number of hydrogen-bond donors (Lipinski definition) is 2. The summed E-state index contributed by atoms with van der Waals surface area (Å²) >= 11 is 3.20. The molecule has 0 aliphatic carbocycles. The SMILES string of the molecule is Cc1cc(N)cc(S(=O)(=O)Nc2ccc(Br)nc2)c1C. The molecule has 3 N–H and O–H groups in total. The number of nitrogen functional groups attached to an aromatic ring is 1. The standard InChI is InChI=1S/C13H14BrN3O2S/c1-8-5-10(15)6-12(9(8)2)20(18,19)17-11-3-4-13(14)16-7-11/h3-7,17H,15H2,1-2H3. The molecule has 0 aliphatic rings. The highest BCUT2D eigenvalue weighted by Crippen LogP contribution is 2.24. The van der Waals surface area contributed by atoms with Crippen LogP contribution in [0.1, 0.15) is 11.1 Å². The molecule has 0 unspecified atom stereocenters. The zero-order chi connectivity index (χ0) is 14.9. The maximum Gasteiger partial charge on any atom is 0.262 e. The van der Waals surface area contributed by atoms with Crippen LogP contribution in [0.2, 0.25) is 0 Å². The summed E-state index contributed by atoms with van der Waals surface area (Å²) in [6.45, 7) is 3.58. The smallest absolute Gasteiger partial charge is 0.262 e. The van der Waals surface area contributed by atoms with Crippen LogP contribution in [0.4, 0.5) is 11.4 Å². The van der Waals surface area contributed by atoms with Gasteiger partial charge in [-0.05, 0) is 65.2 Å². The van der Waals surface area contributed by atoms with E-state index >= 15 is 0 Å². The van der Waals surface area contributed by atoms with Crippen molar-refractivity contribution < 1.29 is 8.42 Å². The molecule has 106 valence electrons. The van der Waals surface area contributed by atoms with Gasteiger partial charge in [0.15, 0.2) is 0 Å². The van der Waals surface area contributed by atoms with Crippen LogP contribution in [0.15, 0.2) is 40.0 Å². The van der Waals surface area contributed by atoms with Crippen LogP contribution in [-0.4, -0.2) is 13.4 Å². The Balaban J connectivity index is 2.43. The van der Waals surface area contributed by atoms with Gasteiger partial charge in [-0.2, -0.15) is 0 Å². The zero-order valence-corrected chi connectivity index (χ0v) is 13.4. The Bertz CT molecular complexity index is 743. The van der Waals surface area contributed by atoms with Crippen LogP contribution < -0.4 is 10.5 Å². The highest BCUT2D eigenvalue weighted by Gasteiger charge is 2.18. The maximum absolute atomic E-state index is 12.4.